The van der Waals surface area contributed by atoms with Crippen LogP contribution in [0.2, 0.25) is 5.82 Å². The maximum atomic E-state index is 11.0. The van der Waals surface area contributed by atoms with Crippen LogP contribution in [0.25, 0.3) is 0 Å². The molecule has 0 bridgehead atoms. The highest BCUT2D eigenvalue weighted by Gasteiger charge is 2.20. The van der Waals surface area contributed by atoms with Crippen LogP contribution >= 0.6 is 0 Å². The molecule has 0 aromatic heterocycles. The largest absolute Gasteiger partial charge is 0.453 e. The molecule has 0 aromatic rings. The van der Waals surface area contributed by atoms with E-state index in [-0.39, 0.29) is 11.9 Å². The van der Waals surface area contributed by atoms with E-state index in [4.69, 9.17) is 7.85 Å². The molecule has 0 aromatic carbocycles. The number of likely N-dealkylation sites (tertiary alicyclic amines) is 1. The van der Waals surface area contributed by atoms with Crippen LogP contribution in [0.15, 0.2) is 0 Å². The number of piperidine rings is 1. The Balaban J connectivity index is 2.39. The van der Waals surface area contributed by atoms with Gasteiger partial charge in [-0.2, -0.15) is 0 Å². The average molecular weight is 153 g/mol. The van der Waals surface area contributed by atoms with Crippen molar-refractivity contribution in [3.05, 3.63) is 0 Å². The summed E-state index contributed by atoms with van der Waals surface area (Å²) in [7, 11) is 7.06. The van der Waals surface area contributed by atoms with Crippen LogP contribution in [0.4, 0.5) is 4.79 Å². The third-order valence-corrected chi connectivity index (χ3v) is 1.89. The molecule has 11 heavy (non-hydrogen) atoms. The van der Waals surface area contributed by atoms with Crippen molar-refractivity contribution in [2.24, 2.45) is 0 Å². The van der Waals surface area contributed by atoms with Crippen LogP contribution in [0.5, 0.6) is 0 Å². The first-order chi connectivity index (χ1) is 5.24. The van der Waals surface area contributed by atoms with Crippen molar-refractivity contribution in [3.63, 3.8) is 0 Å². The van der Waals surface area contributed by atoms with Crippen LogP contribution in [0.1, 0.15) is 12.8 Å². The van der Waals surface area contributed by atoms with Gasteiger partial charge in [0.1, 0.15) is 0 Å². The number of rotatable bonds is 0. The molecular formula is C7H12BNO2. The smallest absolute Gasteiger partial charge is 0.409 e. The van der Waals surface area contributed by atoms with Gasteiger partial charge < -0.3 is 9.64 Å². The first-order valence-corrected chi connectivity index (χ1v) is 3.82. The normalized spacial score (nSPS) is 24.8. The minimum atomic E-state index is -0.264. The molecule has 4 heteroatoms. The Morgan fingerprint density at radius 1 is 1.73 bits per heavy atom. The maximum absolute atomic E-state index is 11.0. The van der Waals surface area contributed by atoms with E-state index >= 15 is 0 Å². The highest BCUT2D eigenvalue weighted by atomic mass is 16.5. The highest BCUT2D eigenvalue weighted by molar-refractivity contribution is 6.11. The van der Waals surface area contributed by atoms with Gasteiger partial charge in [-0.05, 0) is 6.42 Å². The monoisotopic (exact) mass is 153 g/mol. The second-order valence-electron chi connectivity index (χ2n) is 2.82. The number of nitrogens with zero attached hydrogens (tertiary/aromatic N) is 1. The van der Waals surface area contributed by atoms with E-state index in [2.05, 4.69) is 4.74 Å². The lowest BCUT2D eigenvalue weighted by atomic mass is 9.81. The number of carbonyl (C=O) groups excluding carboxylic acids is 1. The fourth-order valence-corrected chi connectivity index (χ4v) is 1.30. The summed E-state index contributed by atoms with van der Waals surface area (Å²) in [6.07, 6.45) is 1.73. The van der Waals surface area contributed by atoms with Crippen LogP contribution in [0, 0.1) is 0 Å². The minimum Gasteiger partial charge on any atom is -0.453 e. The van der Waals surface area contributed by atoms with Crippen molar-refractivity contribution in [2.75, 3.05) is 20.2 Å². The third-order valence-electron chi connectivity index (χ3n) is 1.89. The fraction of sp³-hybridized carbons (Fsp3) is 0.857. The quantitative estimate of drug-likeness (QED) is 0.482. The second kappa shape index (κ2) is 3.65. The van der Waals surface area contributed by atoms with Gasteiger partial charge in [-0.3, -0.25) is 0 Å². The highest BCUT2D eigenvalue weighted by Crippen LogP contribution is 2.18. The summed E-state index contributed by atoms with van der Waals surface area (Å²) in [5.74, 6) is 0.128. The number of amides is 1. The van der Waals surface area contributed by atoms with Crippen molar-refractivity contribution in [1.29, 1.82) is 0 Å². The third kappa shape index (κ3) is 2.14. The minimum absolute atomic E-state index is 0.128. The summed E-state index contributed by atoms with van der Waals surface area (Å²) in [5.41, 5.74) is 0. The Morgan fingerprint density at radius 3 is 3.00 bits per heavy atom. The van der Waals surface area contributed by atoms with E-state index in [0.29, 0.717) is 6.54 Å². The van der Waals surface area contributed by atoms with Crippen molar-refractivity contribution in [2.45, 2.75) is 18.7 Å². The zero-order valence-electron chi connectivity index (χ0n) is 6.75. The van der Waals surface area contributed by atoms with E-state index in [1.165, 1.54) is 7.11 Å². The van der Waals surface area contributed by atoms with Gasteiger partial charge in [0.2, 0.25) is 0 Å². The lowest BCUT2D eigenvalue weighted by molar-refractivity contribution is 0.115. The van der Waals surface area contributed by atoms with Crippen molar-refractivity contribution >= 4 is 13.9 Å². The number of carbonyl (C=O) groups is 1. The zero-order chi connectivity index (χ0) is 8.27. The molecule has 60 valence electrons. The van der Waals surface area contributed by atoms with Crippen molar-refractivity contribution < 1.29 is 9.53 Å². The Morgan fingerprint density at radius 2 is 2.45 bits per heavy atom. The van der Waals surface area contributed by atoms with Gasteiger partial charge in [0.05, 0.1) is 15.0 Å². The molecule has 1 saturated heterocycles. The number of methoxy groups -OCH3 is 1. The fourth-order valence-electron chi connectivity index (χ4n) is 1.30. The van der Waals surface area contributed by atoms with E-state index in [9.17, 15) is 4.79 Å². The summed E-state index contributed by atoms with van der Waals surface area (Å²) >= 11 is 0. The van der Waals surface area contributed by atoms with E-state index in [1.54, 1.807) is 4.90 Å². The zero-order valence-corrected chi connectivity index (χ0v) is 6.75. The molecule has 2 radical (unpaired) electrons. The van der Waals surface area contributed by atoms with E-state index < -0.39 is 0 Å². The molecule has 0 aliphatic carbocycles. The topological polar surface area (TPSA) is 29.5 Å². The van der Waals surface area contributed by atoms with Gasteiger partial charge >= 0.3 is 6.09 Å². The summed E-state index contributed by atoms with van der Waals surface area (Å²) in [4.78, 5) is 12.6. The van der Waals surface area contributed by atoms with Gasteiger partial charge in [-0.15, -0.1) is 0 Å². The molecule has 3 nitrogen and oxygen atoms in total. The Labute approximate surface area is 68.1 Å². The SMILES string of the molecule is [B]C1CCCN(C(=O)OC)C1. The van der Waals surface area contributed by atoms with Crippen LogP contribution < -0.4 is 0 Å². The van der Waals surface area contributed by atoms with Gasteiger partial charge in [-0.25, -0.2) is 4.79 Å². The molecule has 1 fully saturated rings. The summed E-state index contributed by atoms with van der Waals surface area (Å²) in [6.45, 7) is 1.41. The summed E-state index contributed by atoms with van der Waals surface area (Å²) in [5, 5.41) is 0. The van der Waals surface area contributed by atoms with Gasteiger partial charge in [-0.1, -0.05) is 12.2 Å². The second-order valence-corrected chi connectivity index (χ2v) is 2.82. The Kier molecular flexibility index (Phi) is 2.80. The molecule has 0 N–H and O–H groups in total. The lowest BCUT2D eigenvalue weighted by Gasteiger charge is -2.29. The average Bonchev–Trinajstić information content (AvgIpc) is 2.03. The molecule has 1 unspecified atom stereocenters. The standard InChI is InChI=1S/C7H12BNO2/c1-11-7(10)9-4-2-3-6(8)5-9/h6H,2-5H2,1H3. The number of hydrogen-bond donors (Lipinski definition) is 0. The van der Waals surface area contributed by atoms with E-state index in [0.717, 1.165) is 19.4 Å². The molecule has 1 atom stereocenters. The van der Waals surface area contributed by atoms with Crippen LogP contribution in [-0.4, -0.2) is 39.0 Å². The maximum Gasteiger partial charge on any atom is 0.409 e. The van der Waals surface area contributed by atoms with Gasteiger partial charge in [0.25, 0.3) is 0 Å². The Bertz CT molecular complexity index is 151. The molecular weight excluding hydrogens is 141 g/mol. The summed E-state index contributed by atoms with van der Waals surface area (Å²) in [6, 6.07) is 0. The predicted octanol–water partition coefficient (Wildman–Crippen LogP) is 0.806. The molecule has 1 amide bonds. The van der Waals surface area contributed by atoms with E-state index in [1.807, 2.05) is 0 Å². The van der Waals surface area contributed by atoms with Crippen molar-refractivity contribution in [3.8, 4) is 0 Å². The van der Waals surface area contributed by atoms with Crippen LogP contribution in [0.3, 0.4) is 0 Å². The first kappa shape index (κ1) is 8.43. The molecule has 0 saturated carbocycles. The van der Waals surface area contributed by atoms with Gasteiger partial charge in [0, 0.05) is 13.1 Å². The number of hydrogen-bond acceptors (Lipinski definition) is 2. The molecule has 0 spiro atoms. The molecule has 1 aliphatic heterocycles. The van der Waals surface area contributed by atoms with Crippen molar-refractivity contribution in [1.82, 2.24) is 4.90 Å². The van der Waals surface area contributed by atoms with Crippen LogP contribution in [-0.2, 0) is 4.74 Å². The summed E-state index contributed by atoms with van der Waals surface area (Å²) < 4.78 is 4.57. The molecule has 1 heterocycles. The lowest BCUT2D eigenvalue weighted by Crippen LogP contribution is -2.37. The first-order valence-electron chi connectivity index (χ1n) is 3.82. The number of ether oxygens (including phenoxy) is 1. The Hall–Kier alpha value is -0.665. The molecule has 1 aliphatic rings. The van der Waals surface area contributed by atoms with Gasteiger partial charge in [0.15, 0.2) is 0 Å². The predicted molar refractivity (Wildman–Crippen MR) is 42.7 cm³/mol. The molecule has 1 rings (SSSR count).